The minimum absolute atomic E-state index is 0.576. The number of nitrogens with zero attached hydrogens (tertiary/aromatic N) is 1. The summed E-state index contributed by atoms with van der Waals surface area (Å²) in [5.74, 6) is 0.706. The average Bonchev–Trinajstić information content (AvgIpc) is 2.62. The Bertz CT molecular complexity index is 596. The minimum Gasteiger partial charge on any atom is -0.306 e. The Labute approximate surface area is 145 Å². The molecule has 1 aliphatic heterocycles. The van der Waals surface area contributed by atoms with Crippen molar-refractivity contribution in [1.29, 1.82) is 0 Å². The van der Waals surface area contributed by atoms with Crippen molar-refractivity contribution in [2.24, 2.45) is 5.92 Å². The number of hydrogen-bond donors (Lipinski definition) is 0. The smallest absolute Gasteiger partial charge is 0.0346 e. The summed E-state index contributed by atoms with van der Waals surface area (Å²) in [7, 11) is 4.49. The van der Waals surface area contributed by atoms with Gasteiger partial charge in [-0.15, -0.1) is 11.8 Å². The van der Waals surface area contributed by atoms with E-state index in [1.807, 2.05) is 0 Å². The van der Waals surface area contributed by atoms with E-state index in [-0.39, 0.29) is 0 Å². The number of thioether (sulfide) groups is 1. The zero-order chi connectivity index (χ0) is 16.2. The van der Waals surface area contributed by atoms with Crippen LogP contribution in [0.15, 0.2) is 60.7 Å². The number of hydrogen-bond acceptors (Lipinski definition) is 2. The van der Waals surface area contributed by atoms with Gasteiger partial charge in [0, 0.05) is 16.5 Å². The molecule has 3 rings (SSSR count). The topological polar surface area (TPSA) is 3.24 Å². The van der Waals surface area contributed by atoms with E-state index in [9.17, 15) is 0 Å². The molecule has 1 aliphatic rings. The molecule has 2 aromatic carbocycles. The lowest BCUT2D eigenvalue weighted by molar-refractivity contribution is 0.180. The molecule has 0 bridgehead atoms. The van der Waals surface area contributed by atoms with Crippen LogP contribution < -0.4 is 0 Å². The molecule has 0 aliphatic carbocycles. The number of rotatable bonds is 4. The van der Waals surface area contributed by atoms with Crippen LogP contribution in [0.5, 0.6) is 0 Å². The zero-order valence-electron chi connectivity index (χ0n) is 14.4. The molecule has 0 saturated carbocycles. The van der Waals surface area contributed by atoms with Gasteiger partial charge in [-0.25, -0.2) is 0 Å². The lowest BCUT2D eigenvalue weighted by atomic mass is 9.84. The molecule has 122 valence electrons. The Kier molecular flexibility index (Phi) is 5.45. The highest BCUT2D eigenvalue weighted by molar-refractivity contribution is 7.99. The molecule has 0 N–H and O–H groups in total. The van der Waals surface area contributed by atoms with E-state index < -0.39 is 0 Å². The van der Waals surface area contributed by atoms with Crippen LogP contribution in [0, 0.1) is 5.92 Å². The normalized spacial score (nSPS) is 28.0. The van der Waals surface area contributed by atoms with Crippen molar-refractivity contribution >= 4 is 11.8 Å². The first kappa shape index (κ1) is 16.6. The van der Waals surface area contributed by atoms with Gasteiger partial charge in [0.05, 0.1) is 0 Å². The second-order valence-electron chi connectivity index (χ2n) is 6.71. The highest BCUT2D eigenvalue weighted by atomic mass is 32.2. The van der Waals surface area contributed by atoms with Crippen molar-refractivity contribution < 1.29 is 0 Å². The van der Waals surface area contributed by atoms with Gasteiger partial charge in [0.1, 0.15) is 0 Å². The van der Waals surface area contributed by atoms with Crippen molar-refractivity contribution in [1.82, 2.24) is 4.90 Å². The van der Waals surface area contributed by atoms with Crippen LogP contribution in [0.3, 0.4) is 0 Å². The van der Waals surface area contributed by atoms with Crippen LogP contribution in [0.4, 0.5) is 0 Å². The second-order valence-corrected chi connectivity index (χ2v) is 8.05. The van der Waals surface area contributed by atoms with Crippen molar-refractivity contribution in [2.45, 2.75) is 36.3 Å². The van der Waals surface area contributed by atoms with Gasteiger partial charge in [-0.2, -0.15) is 0 Å². The van der Waals surface area contributed by atoms with Crippen LogP contribution in [-0.4, -0.2) is 25.0 Å². The highest BCUT2D eigenvalue weighted by Crippen LogP contribution is 2.54. The fourth-order valence-electron chi connectivity index (χ4n) is 3.86. The maximum Gasteiger partial charge on any atom is 0.0346 e. The van der Waals surface area contributed by atoms with Crippen LogP contribution in [-0.2, 0) is 0 Å². The third-order valence-electron chi connectivity index (χ3n) is 5.08. The van der Waals surface area contributed by atoms with Gasteiger partial charge < -0.3 is 4.90 Å². The summed E-state index contributed by atoms with van der Waals surface area (Å²) in [4.78, 5) is 2.44. The van der Waals surface area contributed by atoms with E-state index in [2.05, 4.69) is 98.3 Å². The largest absolute Gasteiger partial charge is 0.306 e. The van der Waals surface area contributed by atoms with Gasteiger partial charge in [-0.3, -0.25) is 0 Å². The predicted molar refractivity (Wildman–Crippen MR) is 102 cm³/mol. The summed E-state index contributed by atoms with van der Waals surface area (Å²) in [6.45, 7) is 2.35. The van der Waals surface area contributed by atoms with Crippen molar-refractivity contribution in [2.75, 3.05) is 14.1 Å². The Hall–Kier alpha value is -1.25. The SMILES string of the molecule is CC[C@@H]1[C@H](N(C)C)C[C@@H](c2ccccc2)S[C@H]1c1ccccc1. The first-order chi connectivity index (χ1) is 11.2. The van der Waals surface area contributed by atoms with E-state index in [0.29, 0.717) is 22.5 Å². The summed E-state index contributed by atoms with van der Waals surface area (Å²) in [5.41, 5.74) is 2.96. The average molecular weight is 326 g/mol. The molecule has 0 spiro atoms. The van der Waals surface area contributed by atoms with Gasteiger partial charge in [-0.05, 0) is 37.6 Å². The molecule has 2 aromatic rings. The molecule has 0 aromatic heterocycles. The van der Waals surface area contributed by atoms with Gasteiger partial charge in [0.2, 0.25) is 0 Å². The Balaban J connectivity index is 1.95. The summed E-state index contributed by atoms with van der Waals surface area (Å²) < 4.78 is 0. The molecule has 1 fully saturated rings. The molecular formula is C21H27NS. The highest BCUT2D eigenvalue weighted by Gasteiger charge is 2.39. The van der Waals surface area contributed by atoms with Crippen molar-refractivity contribution in [3.8, 4) is 0 Å². The van der Waals surface area contributed by atoms with E-state index in [0.717, 1.165) is 0 Å². The molecule has 2 heteroatoms. The second kappa shape index (κ2) is 7.55. The van der Waals surface area contributed by atoms with E-state index in [1.54, 1.807) is 0 Å². The lowest BCUT2D eigenvalue weighted by Crippen LogP contribution is -2.41. The fourth-order valence-corrected chi connectivity index (χ4v) is 5.73. The van der Waals surface area contributed by atoms with Crippen LogP contribution in [0.1, 0.15) is 41.4 Å². The predicted octanol–water partition coefficient (Wildman–Crippen LogP) is 5.56. The van der Waals surface area contributed by atoms with Crippen LogP contribution >= 0.6 is 11.8 Å². The standard InChI is InChI=1S/C21H27NS/c1-4-18-19(22(2)3)15-20(16-11-7-5-8-12-16)23-21(18)17-13-9-6-10-14-17/h5-14,18-21H,4,15H2,1-3H3/t18-,19-,20+,21+/m1/s1. The van der Waals surface area contributed by atoms with Crippen LogP contribution in [0.2, 0.25) is 0 Å². The summed E-state index contributed by atoms with van der Waals surface area (Å²) in [6.07, 6.45) is 2.47. The Morgan fingerprint density at radius 2 is 1.48 bits per heavy atom. The Morgan fingerprint density at radius 3 is 2.00 bits per heavy atom. The van der Waals surface area contributed by atoms with Crippen LogP contribution in [0.25, 0.3) is 0 Å². The molecule has 1 nitrogen and oxygen atoms in total. The molecular weight excluding hydrogens is 298 g/mol. The maximum absolute atomic E-state index is 2.44. The Morgan fingerprint density at radius 1 is 0.913 bits per heavy atom. The van der Waals surface area contributed by atoms with E-state index in [1.165, 1.54) is 24.0 Å². The summed E-state index contributed by atoms with van der Waals surface area (Å²) >= 11 is 2.16. The first-order valence-corrected chi connectivity index (χ1v) is 9.56. The number of benzene rings is 2. The minimum atomic E-state index is 0.576. The monoisotopic (exact) mass is 325 g/mol. The molecule has 0 unspecified atom stereocenters. The quantitative estimate of drug-likeness (QED) is 0.724. The molecule has 4 atom stereocenters. The molecule has 23 heavy (non-hydrogen) atoms. The molecule has 1 heterocycles. The third-order valence-corrected chi connectivity index (χ3v) is 6.79. The third kappa shape index (κ3) is 3.64. The molecule has 0 amide bonds. The summed E-state index contributed by atoms with van der Waals surface area (Å²) in [6, 6.07) is 22.8. The molecule has 1 saturated heterocycles. The van der Waals surface area contributed by atoms with Gasteiger partial charge in [-0.1, -0.05) is 74.0 Å². The maximum atomic E-state index is 2.44. The lowest BCUT2D eigenvalue weighted by Gasteiger charge is -2.44. The molecule has 0 radical (unpaired) electrons. The van der Waals surface area contributed by atoms with Crippen molar-refractivity contribution in [3.63, 3.8) is 0 Å². The fraction of sp³-hybridized carbons (Fsp3) is 0.429. The zero-order valence-corrected chi connectivity index (χ0v) is 15.2. The van der Waals surface area contributed by atoms with Gasteiger partial charge >= 0.3 is 0 Å². The summed E-state index contributed by atoms with van der Waals surface area (Å²) in [5, 5.41) is 1.16. The van der Waals surface area contributed by atoms with E-state index in [4.69, 9.17) is 0 Å². The van der Waals surface area contributed by atoms with E-state index >= 15 is 0 Å². The first-order valence-electron chi connectivity index (χ1n) is 8.62. The van der Waals surface area contributed by atoms with Gasteiger partial charge in [0.25, 0.3) is 0 Å². The van der Waals surface area contributed by atoms with Gasteiger partial charge in [0.15, 0.2) is 0 Å². The van der Waals surface area contributed by atoms with Crippen molar-refractivity contribution in [3.05, 3.63) is 71.8 Å².